The molecule has 2 rings (SSSR count). The summed E-state index contributed by atoms with van der Waals surface area (Å²) in [4.78, 5) is 28.5. The van der Waals surface area contributed by atoms with E-state index in [0.717, 1.165) is 39.2 Å². The quantitative estimate of drug-likeness (QED) is 0.502. The predicted octanol–water partition coefficient (Wildman–Crippen LogP) is 4.10. The monoisotopic (exact) mass is 501 g/mol. The van der Waals surface area contributed by atoms with E-state index in [1.165, 1.54) is 4.90 Å². The second-order valence-electron chi connectivity index (χ2n) is 9.20. The zero-order valence-corrected chi connectivity index (χ0v) is 22.8. The van der Waals surface area contributed by atoms with E-state index in [1.807, 2.05) is 84.0 Å². The van der Waals surface area contributed by atoms with Gasteiger partial charge in [0.2, 0.25) is 21.8 Å². The van der Waals surface area contributed by atoms with Gasteiger partial charge in [-0.25, -0.2) is 8.42 Å². The van der Waals surface area contributed by atoms with Crippen molar-refractivity contribution < 1.29 is 18.0 Å². The van der Waals surface area contributed by atoms with Gasteiger partial charge in [0.1, 0.15) is 12.6 Å². The summed E-state index contributed by atoms with van der Waals surface area (Å²) in [6.45, 7) is 11.2. The largest absolute Gasteiger partial charge is 0.352 e. The first-order valence-corrected chi connectivity index (χ1v) is 13.9. The minimum Gasteiger partial charge on any atom is -0.352 e. The third kappa shape index (κ3) is 7.31. The molecule has 0 unspecified atom stereocenters. The standard InChI is InChI=1S/C27H39N3O4S/c1-8-22(6)28-27(32)24(9-2)29(17-23-16-11-10-13-19(23)3)25(31)18-30(35(7,33)34)26-20(4)14-12-15-21(26)5/h10-16,22,24H,8-9,17-18H2,1-7H3,(H,28,32)/t22-,24+/m0/s1. The van der Waals surface area contributed by atoms with Crippen molar-refractivity contribution >= 4 is 27.5 Å². The summed E-state index contributed by atoms with van der Waals surface area (Å²) in [5.74, 6) is -0.658. The maximum atomic E-state index is 13.8. The number of aryl methyl sites for hydroxylation is 3. The first-order valence-electron chi connectivity index (χ1n) is 12.1. The zero-order valence-electron chi connectivity index (χ0n) is 22.0. The Morgan fingerprint density at radius 1 is 0.914 bits per heavy atom. The van der Waals surface area contributed by atoms with Gasteiger partial charge in [0.15, 0.2) is 0 Å². The number of para-hydroxylation sites is 1. The van der Waals surface area contributed by atoms with E-state index in [1.54, 1.807) is 0 Å². The van der Waals surface area contributed by atoms with Crippen LogP contribution in [0, 0.1) is 20.8 Å². The van der Waals surface area contributed by atoms with E-state index in [0.29, 0.717) is 12.1 Å². The van der Waals surface area contributed by atoms with Crippen LogP contribution >= 0.6 is 0 Å². The Kier molecular flexibility index (Phi) is 9.89. The zero-order chi connectivity index (χ0) is 26.3. The van der Waals surface area contributed by atoms with Gasteiger partial charge in [-0.05, 0) is 62.8 Å². The smallest absolute Gasteiger partial charge is 0.244 e. The molecule has 1 N–H and O–H groups in total. The maximum Gasteiger partial charge on any atom is 0.244 e. The lowest BCUT2D eigenvalue weighted by Gasteiger charge is -2.34. The van der Waals surface area contributed by atoms with Crippen molar-refractivity contribution in [1.82, 2.24) is 10.2 Å². The molecular formula is C27H39N3O4S. The molecule has 192 valence electrons. The summed E-state index contributed by atoms with van der Waals surface area (Å²) in [5, 5.41) is 2.99. The Bertz CT molecular complexity index is 1130. The third-order valence-corrected chi connectivity index (χ3v) is 7.47. The number of hydrogen-bond acceptors (Lipinski definition) is 4. The first kappa shape index (κ1) is 28.4. The highest BCUT2D eigenvalue weighted by Gasteiger charge is 2.33. The van der Waals surface area contributed by atoms with Gasteiger partial charge in [-0.1, -0.05) is 56.3 Å². The van der Waals surface area contributed by atoms with Crippen LogP contribution in [0.15, 0.2) is 42.5 Å². The molecular weight excluding hydrogens is 462 g/mol. The van der Waals surface area contributed by atoms with E-state index in [9.17, 15) is 18.0 Å². The maximum absolute atomic E-state index is 13.8. The molecule has 0 heterocycles. The number of nitrogens with zero attached hydrogens (tertiary/aromatic N) is 2. The lowest BCUT2D eigenvalue weighted by atomic mass is 10.1. The predicted molar refractivity (Wildman–Crippen MR) is 142 cm³/mol. The van der Waals surface area contributed by atoms with Crippen LogP contribution in [-0.4, -0.2) is 50.0 Å². The number of hydrogen-bond donors (Lipinski definition) is 1. The Balaban J connectivity index is 2.51. The highest BCUT2D eigenvalue weighted by Crippen LogP contribution is 2.27. The van der Waals surface area contributed by atoms with Crippen LogP contribution in [0.4, 0.5) is 5.69 Å². The molecule has 2 amide bonds. The number of nitrogens with one attached hydrogen (secondary N) is 1. The summed E-state index contributed by atoms with van der Waals surface area (Å²) >= 11 is 0. The number of amides is 2. The first-order chi connectivity index (χ1) is 16.4. The van der Waals surface area contributed by atoms with Crippen molar-refractivity contribution in [3.05, 3.63) is 64.7 Å². The number of anilines is 1. The van der Waals surface area contributed by atoms with Gasteiger partial charge in [0.05, 0.1) is 11.9 Å². The molecule has 2 atom stereocenters. The number of rotatable bonds is 11. The lowest BCUT2D eigenvalue weighted by molar-refractivity contribution is -0.140. The fourth-order valence-electron chi connectivity index (χ4n) is 4.11. The molecule has 2 aromatic rings. The molecule has 7 nitrogen and oxygen atoms in total. The fourth-order valence-corrected chi connectivity index (χ4v) is 5.07. The Hall–Kier alpha value is -2.87. The summed E-state index contributed by atoms with van der Waals surface area (Å²) in [7, 11) is -3.76. The molecule has 0 radical (unpaired) electrons. The van der Waals surface area contributed by atoms with Crippen LogP contribution in [0.2, 0.25) is 0 Å². The molecule has 0 aliphatic heterocycles. The molecule has 8 heteroatoms. The Morgan fingerprint density at radius 2 is 1.49 bits per heavy atom. The van der Waals surface area contributed by atoms with Gasteiger partial charge >= 0.3 is 0 Å². The normalized spacial score (nSPS) is 13.1. The van der Waals surface area contributed by atoms with Gasteiger partial charge in [-0.15, -0.1) is 0 Å². The molecule has 2 aromatic carbocycles. The van der Waals surface area contributed by atoms with Gasteiger partial charge in [0.25, 0.3) is 0 Å². The van der Waals surface area contributed by atoms with Crippen molar-refractivity contribution in [1.29, 1.82) is 0 Å². The molecule has 0 aromatic heterocycles. The van der Waals surface area contributed by atoms with Crippen molar-refractivity contribution in [3.8, 4) is 0 Å². The van der Waals surface area contributed by atoms with Crippen molar-refractivity contribution in [2.24, 2.45) is 0 Å². The van der Waals surface area contributed by atoms with Crippen molar-refractivity contribution in [3.63, 3.8) is 0 Å². The van der Waals surface area contributed by atoms with Crippen LogP contribution in [0.5, 0.6) is 0 Å². The van der Waals surface area contributed by atoms with Crippen LogP contribution in [0.3, 0.4) is 0 Å². The number of sulfonamides is 1. The highest BCUT2D eigenvalue weighted by atomic mass is 32.2. The highest BCUT2D eigenvalue weighted by molar-refractivity contribution is 7.92. The molecule has 0 bridgehead atoms. The minimum atomic E-state index is -3.76. The number of benzene rings is 2. The van der Waals surface area contributed by atoms with Crippen LogP contribution in [0.1, 0.15) is 55.9 Å². The van der Waals surface area contributed by atoms with Crippen molar-refractivity contribution in [2.45, 2.75) is 73.0 Å². The van der Waals surface area contributed by atoms with Crippen LogP contribution in [0.25, 0.3) is 0 Å². The Morgan fingerprint density at radius 3 is 2.00 bits per heavy atom. The second kappa shape index (κ2) is 12.2. The van der Waals surface area contributed by atoms with Crippen LogP contribution < -0.4 is 9.62 Å². The van der Waals surface area contributed by atoms with Gasteiger partial charge in [0, 0.05) is 12.6 Å². The minimum absolute atomic E-state index is 0.0332. The SMILES string of the molecule is CC[C@H](C(=O)N[C@@H](C)CC)N(Cc1ccccc1C)C(=O)CN(c1c(C)cccc1C)S(C)(=O)=O. The fraction of sp³-hybridized carbons (Fsp3) is 0.481. The molecule has 0 fully saturated rings. The molecule has 0 saturated heterocycles. The summed E-state index contributed by atoms with van der Waals surface area (Å²) in [6, 6.07) is 12.4. The average Bonchev–Trinajstić information content (AvgIpc) is 2.78. The number of carbonyl (C=O) groups excluding carboxylic acids is 2. The van der Waals surface area contributed by atoms with E-state index in [-0.39, 0.29) is 25.0 Å². The molecule has 0 aliphatic carbocycles. The lowest BCUT2D eigenvalue weighted by Crippen LogP contribution is -2.53. The summed E-state index contributed by atoms with van der Waals surface area (Å²) in [6.07, 6.45) is 2.27. The number of carbonyl (C=O) groups is 2. The van der Waals surface area contributed by atoms with Gasteiger partial charge in [-0.3, -0.25) is 13.9 Å². The van der Waals surface area contributed by atoms with Crippen LogP contribution in [-0.2, 0) is 26.2 Å². The van der Waals surface area contributed by atoms with E-state index < -0.39 is 22.0 Å². The van der Waals surface area contributed by atoms with Gasteiger partial charge < -0.3 is 10.2 Å². The molecule has 0 spiro atoms. The average molecular weight is 502 g/mol. The summed E-state index contributed by atoms with van der Waals surface area (Å²) in [5.41, 5.74) is 3.92. The Labute approximate surface area is 210 Å². The van der Waals surface area contributed by atoms with E-state index >= 15 is 0 Å². The van der Waals surface area contributed by atoms with E-state index in [4.69, 9.17) is 0 Å². The van der Waals surface area contributed by atoms with Gasteiger partial charge in [-0.2, -0.15) is 0 Å². The molecule has 35 heavy (non-hydrogen) atoms. The third-order valence-electron chi connectivity index (χ3n) is 6.36. The summed E-state index contributed by atoms with van der Waals surface area (Å²) < 4.78 is 26.8. The molecule has 0 saturated carbocycles. The topological polar surface area (TPSA) is 86.8 Å². The second-order valence-corrected chi connectivity index (χ2v) is 11.1. The van der Waals surface area contributed by atoms with E-state index in [2.05, 4.69) is 5.32 Å². The van der Waals surface area contributed by atoms with Crippen molar-refractivity contribution in [2.75, 3.05) is 17.1 Å². The molecule has 0 aliphatic rings.